The summed E-state index contributed by atoms with van der Waals surface area (Å²) in [4.78, 5) is 5.61. The Morgan fingerprint density at radius 3 is 2.34 bits per heavy atom. The van der Waals surface area contributed by atoms with Gasteiger partial charge in [0, 0.05) is 21.8 Å². The van der Waals surface area contributed by atoms with E-state index in [-0.39, 0.29) is 5.75 Å². The Kier molecular flexibility index (Phi) is 9.26. The molecule has 0 saturated carbocycles. The summed E-state index contributed by atoms with van der Waals surface area (Å²) in [6.07, 6.45) is 0.877. The monoisotopic (exact) mass is 610 g/mol. The number of fused-ring (bicyclic) bond motifs is 2. The lowest BCUT2D eigenvalue weighted by molar-refractivity contribution is -0.0510. The molecule has 0 aliphatic rings. The van der Waals surface area contributed by atoms with Crippen LogP contribution in [0.5, 0.6) is 0 Å². The number of nitrogens with two attached hydrogens (primary N) is 1. The molecule has 4 rings (SSSR count). The largest absolute Gasteiger partial charge is 0.522 e. The Balaban J connectivity index is 0.000000436. The van der Waals surface area contributed by atoms with Crippen molar-refractivity contribution >= 4 is 73.9 Å². The van der Waals surface area contributed by atoms with Gasteiger partial charge >= 0.3 is 15.6 Å². The molecular weight excluding hydrogens is 586 g/mol. The Morgan fingerprint density at radius 1 is 1.05 bits per heavy atom. The molecule has 4 aromatic rings. The molecule has 0 bridgehead atoms. The lowest BCUT2D eigenvalue weighted by Crippen LogP contribution is -2.21. The predicted molar refractivity (Wildman–Crippen MR) is 147 cm³/mol. The maximum absolute atomic E-state index is 11.9. The van der Waals surface area contributed by atoms with Crippen LogP contribution in [-0.4, -0.2) is 44.2 Å². The van der Waals surface area contributed by atoms with Crippen LogP contribution in [0.3, 0.4) is 0 Å². The third kappa shape index (κ3) is 7.77. The molecule has 0 aliphatic heterocycles. The van der Waals surface area contributed by atoms with Crippen molar-refractivity contribution in [3.8, 4) is 0 Å². The summed E-state index contributed by atoms with van der Waals surface area (Å²) in [5, 5.41) is 5.22. The molecule has 0 spiro atoms. The van der Waals surface area contributed by atoms with Crippen molar-refractivity contribution in [1.29, 1.82) is 0 Å². The molecule has 208 valence electrons. The van der Waals surface area contributed by atoms with Gasteiger partial charge in [0.2, 0.25) is 10.0 Å². The van der Waals surface area contributed by atoms with Crippen molar-refractivity contribution < 1.29 is 34.6 Å². The number of hydrogen-bond donors (Lipinski definition) is 4. The first-order valence-corrected chi connectivity index (χ1v) is 15.7. The van der Waals surface area contributed by atoms with Crippen LogP contribution in [0.15, 0.2) is 36.4 Å². The van der Waals surface area contributed by atoms with Crippen molar-refractivity contribution in [2.75, 3.05) is 22.8 Å². The van der Waals surface area contributed by atoms with Gasteiger partial charge in [-0.1, -0.05) is 17.4 Å². The summed E-state index contributed by atoms with van der Waals surface area (Å²) in [6, 6.07) is 12.0. The van der Waals surface area contributed by atoms with E-state index in [0.717, 1.165) is 35.1 Å². The van der Waals surface area contributed by atoms with E-state index >= 15 is 0 Å². The summed E-state index contributed by atoms with van der Waals surface area (Å²) in [5.74, 6) is 0.0593. The lowest BCUT2D eigenvalue weighted by Gasteiger charge is -2.08. The number of thiazole rings is 1. The molecule has 0 unspecified atom stereocenters. The molecule has 0 aliphatic carbocycles. The highest BCUT2D eigenvalue weighted by molar-refractivity contribution is 7.92. The van der Waals surface area contributed by atoms with Crippen molar-refractivity contribution in [3.63, 3.8) is 0 Å². The normalized spacial score (nSPS) is 12.5. The minimum atomic E-state index is -5.84. The first kappa shape index (κ1) is 30.0. The van der Waals surface area contributed by atoms with Gasteiger partial charge in [0.15, 0.2) is 5.13 Å². The highest BCUT2D eigenvalue weighted by atomic mass is 32.2. The van der Waals surface area contributed by atoms with Crippen LogP contribution in [0.4, 0.5) is 24.0 Å². The third-order valence-electron chi connectivity index (χ3n) is 5.29. The number of nitrogens with zero attached hydrogens (tertiary/aromatic N) is 1. The van der Waals surface area contributed by atoms with Crippen LogP contribution in [-0.2, 0) is 33.1 Å². The van der Waals surface area contributed by atoms with Gasteiger partial charge in [-0.25, -0.2) is 13.4 Å². The van der Waals surface area contributed by atoms with Gasteiger partial charge in [0.05, 0.1) is 16.0 Å². The second kappa shape index (κ2) is 11.7. The molecule has 38 heavy (non-hydrogen) atoms. The standard InChI is InChI=1S/C21H24N4O2S3.CHF3O3S/c1-3-30(26,27)25-15-5-7-19-17(11-15)16(13(2)28-19)8-9-23-12-14-4-6-20-18(10-14)24-21(22)29-20;2-1(3,4)8(5,6)7/h4-7,10-11,23,25H,3,8-9,12H2,1-2H3,(H2,22,24);(H,5,6,7). The van der Waals surface area contributed by atoms with E-state index in [1.807, 2.05) is 18.2 Å². The number of benzene rings is 2. The number of nitrogens with one attached hydrogen (secondary N) is 2. The number of alkyl halides is 3. The summed E-state index contributed by atoms with van der Waals surface area (Å²) in [7, 11) is -9.12. The number of aryl methyl sites for hydroxylation is 1. The van der Waals surface area contributed by atoms with Gasteiger partial charge in [-0.15, -0.1) is 11.3 Å². The zero-order valence-corrected chi connectivity index (χ0v) is 23.4. The minimum absolute atomic E-state index is 0.0593. The average molecular weight is 611 g/mol. The highest BCUT2D eigenvalue weighted by Gasteiger charge is 2.44. The smallest absolute Gasteiger partial charge is 0.375 e. The van der Waals surface area contributed by atoms with Crippen molar-refractivity contribution in [1.82, 2.24) is 10.3 Å². The number of sulfonamides is 1. The maximum atomic E-state index is 11.9. The number of anilines is 2. The van der Waals surface area contributed by atoms with Crippen molar-refractivity contribution in [2.24, 2.45) is 0 Å². The van der Waals surface area contributed by atoms with E-state index in [1.54, 1.807) is 18.3 Å². The fourth-order valence-corrected chi connectivity index (χ4v) is 5.88. The average Bonchev–Trinajstić information content (AvgIpc) is 3.33. The molecule has 5 N–H and O–H groups in total. The Morgan fingerprint density at radius 2 is 1.71 bits per heavy atom. The maximum Gasteiger partial charge on any atom is 0.522 e. The summed E-state index contributed by atoms with van der Waals surface area (Å²) < 4.78 is 86.3. The Bertz CT molecular complexity index is 1650. The van der Waals surface area contributed by atoms with Crippen LogP contribution in [0, 0.1) is 6.92 Å². The molecule has 0 saturated heterocycles. The molecule has 9 nitrogen and oxygen atoms in total. The van der Waals surface area contributed by atoms with Crippen LogP contribution < -0.4 is 15.8 Å². The van der Waals surface area contributed by atoms with E-state index in [9.17, 15) is 21.6 Å². The summed E-state index contributed by atoms with van der Waals surface area (Å²) in [6.45, 7) is 5.34. The van der Waals surface area contributed by atoms with E-state index in [2.05, 4.69) is 40.1 Å². The van der Waals surface area contributed by atoms with Gasteiger partial charge < -0.3 is 11.1 Å². The van der Waals surface area contributed by atoms with Gasteiger partial charge in [-0.05, 0) is 73.7 Å². The molecule has 16 heteroatoms. The van der Waals surface area contributed by atoms with E-state index < -0.39 is 25.6 Å². The second-order valence-corrected chi connectivity index (χ2v) is 13.8. The summed E-state index contributed by atoms with van der Waals surface area (Å²) in [5.41, 5.74) is 4.25. The number of aromatic nitrogens is 1. The number of rotatable bonds is 8. The van der Waals surface area contributed by atoms with E-state index in [1.165, 1.54) is 32.0 Å². The number of nitrogen functional groups attached to an aromatic ring is 1. The van der Waals surface area contributed by atoms with E-state index in [0.29, 0.717) is 10.8 Å². The van der Waals surface area contributed by atoms with E-state index in [4.69, 9.17) is 18.7 Å². The summed E-state index contributed by atoms with van der Waals surface area (Å²) >= 11 is 3.25. The first-order chi connectivity index (χ1) is 17.6. The fourth-order valence-electron chi connectivity index (χ4n) is 3.44. The number of thiophene rings is 1. The quantitative estimate of drug-likeness (QED) is 0.125. The van der Waals surface area contributed by atoms with Crippen LogP contribution in [0.1, 0.15) is 22.9 Å². The molecule has 0 radical (unpaired) electrons. The zero-order valence-electron chi connectivity index (χ0n) is 20.2. The fraction of sp³-hybridized carbons (Fsp3) is 0.318. The Labute approximate surface area is 225 Å². The van der Waals surface area contributed by atoms with Gasteiger partial charge in [-0.2, -0.15) is 21.6 Å². The molecule has 0 fully saturated rings. The molecule has 0 amide bonds. The molecule has 2 heterocycles. The van der Waals surface area contributed by atoms with Crippen LogP contribution >= 0.6 is 22.7 Å². The molecule has 2 aromatic heterocycles. The lowest BCUT2D eigenvalue weighted by atomic mass is 10.1. The predicted octanol–water partition coefficient (Wildman–Crippen LogP) is 4.89. The SMILES string of the molecule is CCS(=O)(=O)Nc1ccc2sc(C)c(CCNCc3ccc4sc(N)nc4c3)c2c1.O=S(=O)(O)C(F)(F)F. The molecular formula is C22H25F3N4O5S4. The van der Waals surface area contributed by atoms with Crippen molar-refractivity contribution in [2.45, 2.75) is 32.3 Å². The zero-order chi connectivity index (χ0) is 28.3. The minimum Gasteiger partial charge on any atom is -0.375 e. The van der Waals surface area contributed by atoms with Gasteiger partial charge in [-0.3, -0.25) is 9.27 Å². The van der Waals surface area contributed by atoms with Crippen molar-refractivity contribution in [3.05, 3.63) is 52.4 Å². The van der Waals surface area contributed by atoms with Gasteiger partial charge in [0.1, 0.15) is 0 Å². The Hall–Kier alpha value is -2.50. The molecule has 0 atom stereocenters. The number of halogens is 3. The van der Waals surface area contributed by atoms with Crippen LogP contribution in [0.25, 0.3) is 20.3 Å². The second-order valence-electron chi connectivity index (χ2n) is 8.05. The first-order valence-electron chi connectivity index (χ1n) is 11.0. The van der Waals surface area contributed by atoms with Crippen LogP contribution in [0.2, 0.25) is 0 Å². The highest BCUT2D eigenvalue weighted by Crippen LogP contribution is 2.33. The molecule has 2 aromatic carbocycles. The number of hydrogen-bond acceptors (Lipinski definition) is 9. The van der Waals surface area contributed by atoms with Gasteiger partial charge in [0.25, 0.3) is 0 Å². The third-order valence-corrected chi connectivity index (χ3v) is 9.17. The topological polar surface area (TPSA) is 151 Å².